The van der Waals surface area contributed by atoms with E-state index < -0.39 is 43.6 Å². The molecule has 0 bridgehead atoms. The number of carbonyl (C=O) groups excluding carboxylic acids is 1. The van der Waals surface area contributed by atoms with E-state index >= 15 is 0 Å². The maximum atomic E-state index is 13.3. The van der Waals surface area contributed by atoms with Gasteiger partial charge in [-0.2, -0.15) is 8.78 Å². The fourth-order valence-corrected chi connectivity index (χ4v) is 1.54. The first-order valence-corrected chi connectivity index (χ1v) is 5.80. The molecule has 0 aliphatic carbocycles. The summed E-state index contributed by atoms with van der Waals surface area (Å²) in [4.78, 5) is 11.4. The summed E-state index contributed by atoms with van der Waals surface area (Å²) < 4.78 is 66.1. The van der Waals surface area contributed by atoms with E-state index in [1.54, 1.807) is 0 Å². The highest BCUT2D eigenvalue weighted by Crippen LogP contribution is 2.23. The molecule has 0 saturated heterocycles. The summed E-state index contributed by atoms with van der Waals surface area (Å²) in [6.45, 7) is -2.41. The molecule has 1 rings (SSSR count). The Kier molecular flexibility index (Phi) is 5.88. The van der Waals surface area contributed by atoms with Gasteiger partial charge in [0.2, 0.25) is 0 Å². The van der Waals surface area contributed by atoms with E-state index in [0.717, 1.165) is 6.07 Å². The van der Waals surface area contributed by atoms with Gasteiger partial charge in [0, 0.05) is 17.0 Å². The van der Waals surface area contributed by atoms with Crippen molar-refractivity contribution in [1.29, 1.82) is 0 Å². The normalized spacial score (nSPS) is 11.9. The third-order valence-electron chi connectivity index (χ3n) is 2.31. The van der Waals surface area contributed by atoms with Crippen LogP contribution in [-0.2, 0) is 16.0 Å². The highest BCUT2D eigenvalue weighted by molar-refractivity contribution is 6.31. The van der Waals surface area contributed by atoms with Gasteiger partial charge in [-0.15, -0.1) is 0 Å². The number of ether oxygens (including phenoxy) is 1. The molecule has 8 heteroatoms. The second-order valence-corrected chi connectivity index (χ2v) is 4.38. The van der Waals surface area contributed by atoms with E-state index in [9.17, 15) is 26.7 Å². The minimum atomic E-state index is -4.32. The largest absolute Gasteiger partial charge is 0.367 e. The Balaban J connectivity index is 2.49. The van der Waals surface area contributed by atoms with Gasteiger partial charge in [0.25, 0.3) is 0 Å². The second kappa shape index (κ2) is 6.99. The molecule has 0 radical (unpaired) electrons. The van der Waals surface area contributed by atoms with Crippen LogP contribution in [-0.4, -0.2) is 31.3 Å². The Morgan fingerprint density at radius 2 is 2.00 bits per heavy atom. The predicted molar refractivity (Wildman–Crippen MR) is 61.9 cm³/mol. The van der Waals surface area contributed by atoms with Gasteiger partial charge in [-0.1, -0.05) is 17.7 Å². The monoisotopic (exact) mass is 316 g/mol. The number of benzene rings is 1. The van der Waals surface area contributed by atoms with Gasteiger partial charge in [0.1, 0.15) is 19.0 Å². The highest BCUT2D eigenvalue weighted by Gasteiger charge is 2.41. The molecule has 1 aromatic carbocycles. The van der Waals surface area contributed by atoms with Crippen molar-refractivity contribution in [2.75, 3.05) is 13.2 Å². The van der Waals surface area contributed by atoms with Crippen LogP contribution in [0, 0.1) is 5.82 Å². The third-order valence-corrected chi connectivity index (χ3v) is 2.67. The summed E-state index contributed by atoms with van der Waals surface area (Å²) in [5.74, 6) is -5.79. The number of halogens is 6. The molecule has 0 atom stereocenters. The maximum Gasteiger partial charge on any atom is 0.330 e. The van der Waals surface area contributed by atoms with Crippen molar-refractivity contribution in [1.82, 2.24) is 0 Å². The van der Waals surface area contributed by atoms with Crippen LogP contribution >= 0.6 is 11.6 Å². The van der Waals surface area contributed by atoms with E-state index in [-0.39, 0.29) is 10.6 Å². The van der Waals surface area contributed by atoms with Crippen LogP contribution in [0.2, 0.25) is 5.02 Å². The van der Waals surface area contributed by atoms with Crippen LogP contribution in [0.4, 0.5) is 22.0 Å². The van der Waals surface area contributed by atoms with Gasteiger partial charge in [-0.25, -0.2) is 13.2 Å². The van der Waals surface area contributed by atoms with Crippen molar-refractivity contribution in [3.63, 3.8) is 0 Å². The first-order valence-electron chi connectivity index (χ1n) is 5.42. The van der Waals surface area contributed by atoms with Gasteiger partial charge >= 0.3 is 12.3 Å². The number of alkyl halides is 4. The minimum absolute atomic E-state index is 0.0104. The first-order chi connectivity index (χ1) is 9.24. The number of rotatable bonds is 7. The fraction of sp³-hybridized carbons (Fsp3) is 0.417. The molecule has 0 aliphatic heterocycles. The number of carbonyl (C=O) groups is 1. The Bertz CT molecular complexity index is 459. The standard InChI is InChI=1S/C12H10ClF5O2/c13-9-2-1-3-10(14)8(9)4-7(19)5-20-6-12(17,18)11(15)16/h1-3,11H,4-6H2. The molecule has 0 spiro atoms. The van der Waals surface area contributed by atoms with Crippen molar-refractivity contribution in [3.05, 3.63) is 34.6 Å². The van der Waals surface area contributed by atoms with Crippen LogP contribution in [0.3, 0.4) is 0 Å². The van der Waals surface area contributed by atoms with E-state index in [1.165, 1.54) is 12.1 Å². The lowest BCUT2D eigenvalue weighted by molar-refractivity contribution is -0.168. The van der Waals surface area contributed by atoms with E-state index in [4.69, 9.17) is 11.6 Å². The van der Waals surface area contributed by atoms with Crippen molar-refractivity contribution >= 4 is 17.4 Å². The summed E-state index contributed by atoms with van der Waals surface area (Å²) in [7, 11) is 0. The molecule has 0 heterocycles. The second-order valence-electron chi connectivity index (χ2n) is 3.97. The predicted octanol–water partition coefficient (Wildman–Crippen LogP) is 3.51. The van der Waals surface area contributed by atoms with Gasteiger partial charge in [0.15, 0.2) is 5.78 Å². The molecule has 0 unspecified atom stereocenters. The number of hydrogen-bond acceptors (Lipinski definition) is 2. The van der Waals surface area contributed by atoms with Crippen molar-refractivity contribution in [2.24, 2.45) is 0 Å². The topological polar surface area (TPSA) is 26.3 Å². The summed E-state index contributed by atoms with van der Waals surface area (Å²) >= 11 is 5.67. The van der Waals surface area contributed by atoms with Crippen LogP contribution < -0.4 is 0 Å². The summed E-state index contributed by atoms with van der Waals surface area (Å²) in [5.41, 5.74) is -0.0941. The first kappa shape index (κ1) is 16.8. The minimum Gasteiger partial charge on any atom is -0.367 e. The third kappa shape index (κ3) is 4.72. The quantitative estimate of drug-likeness (QED) is 0.720. The highest BCUT2D eigenvalue weighted by atomic mass is 35.5. The summed E-state index contributed by atoms with van der Waals surface area (Å²) in [5, 5.41) is 0.0104. The maximum absolute atomic E-state index is 13.3. The Labute approximate surface area is 116 Å². The van der Waals surface area contributed by atoms with Gasteiger partial charge in [-0.3, -0.25) is 4.79 Å². The van der Waals surface area contributed by atoms with Crippen LogP contribution in [0.1, 0.15) is 5.56 Å². The lowest BCUT2D eigenvalue weighted by atomic mass is 10.1. The van der Waals surface area contributed by atoms with Crippen molar-refractivity contribution in [3.8, 4) is 0 Å². The van der Waals surface area contributed by atoms with Gasteiger partial charge in [-0.05, 0) is 12.1 Å². The Morgan fingerprint density at radius 1 is 1.35 bits per heavy atom. The molecular weight excluding hydrogens is 307 g/mol. The fourth-order valence-electron chi connectivity index (χ4n) is 1.31. The van der Waals surface area contributed by atoms with Gasteiger partial charge < -0.3 is 4.74 Å². The molecule has 0 amide bonds. The van der Waals surface area contributed by atoms with E-state index in [2.05, 4.69) is 4.74 Å². The molecule has 0 aromatic heterocycles. The van der Waals surface area contributed by atoms with Crippen LogP contribution in [0.15, 0.2) is 18.2 Å². The average molecular weight is 317 g/mol. The number of ketones is 1. The smallest absolute Gasteiger partial charge is 0.330 e. The Morgan fingerprint density at radius 3 is 2.55 bits per heavy atom. The summed E-state index contributed by atoms with van der Waals surface area (Å²) in [6.07, 6.45) is -4.34. The zero-order valence-corrected chi connectivity index (χ0v) is 10.8. The van der Waals surface area contributed by atoms with Gasteiger partial charge in [0.05, 0.1) is 0 Å². The molecule has 0 aliphatic rings. The average Bonchev–Trinajstić information content (AvgIpc) is 2.33. The SMILES string of the molecule is O=C(COCC(F)(F)C(F)F)Cc1c(F)cccc1Cl. The molecule has 0 N–H and O–H groups in total. The molecule has 1 aromatic rings. The lowest BCUT2D eigenvalue weighted by Crippen LogP contribution is -2.33. The molecule has 112 valence electrons. The zero-order chi connectivity index (χ0) is 15.3. The molecule has 0 saturated carbocycles. The summed E-state index contributed by atoms with van der Waals surface area (Å²) in [6, 6.07) is 3.78. The molecular formula is C12H10ClF5O2. The van der Waals surface area contributed by atoms with E-state index in [0.29, 0.717) is 0 Å². The molecule has 2 nitrogen and oxygen atoms in total. The molecule has 20 heavy (non-hydrogen) atoms. The van der Waals surface area contributed by atoms with Crippen LogP contribution in [0.5, 0.6) is 0 Å². The van der Waals surface area contributed by atoms with Crippen molar-refractivity contribution < 1.29 is 31.5 Å². The van der Waals surface area contributed by atoms with E-state index in [1.807, 2.05) is 0 Å². The zero-order valence-electron chi connectivity index (χ0n) is 10.0. The lowest BCUT2D eigenvalue weighted by Gasteiger charge is -2.14. The number of Topliss-reactive ketones (excluding diaryl/α,β-unsaturated/α-hetero) is 1. The number of hydrogen-bond donors (Lipinski definition) is 0. The van der Waals surface area contributed by atoms with Crippen molar-refractivity contribution in [2.45, 2.75) is 18.8 Å². The Hall–Kier alpha value is -1.21. The van der Waals surface area contributed by atoms with Crippen LogP contribution in [0.25, 0.3) is 0 Å². The molecule has 0 fully saturated rings.